The lowest BCUT2D eigenvalue weighted by Gasteiger charge is -2.16. The highest BCUT2D eigenvalue weighted by molar-refractivity contribution is 5.63. The summed E-state index contributed by atoms with van der Waals surface area (Å²) in [5.74, 6) is 2.21. The molecule has 0 saturated heterocycles. The van der Waals surface area contributed by atoms with Gasteiger partial charge in [0, 0.05) is 24.4 Å². The highest BCUT2D eigenvalue weighted by Crippen LogP contribution is 2.34. The second-order valence-corrected chi connectivity index (χ2v) is 8.41. The van der Waals surface area contributed by atoms with Crippen LogP contribution in [0.15, 0.2) is 49.1 Å². The summed E-state index contributed by atoms with van der Waals surface area (Å²) < 4.78 is 58.3. The molecule has 0 saturated carbocycles. The van der Waals surface area contributed by atoms with Gasteiger partial charge in [0.1, 0.15) is 17.4 Å². The molecule has 0 radical (unpaired) electrons. The van der Waals surface area contributed by atoms with E-state index in [4.69, 9.17) is 4.74 Å². The SMILES string of the molecule is CC.CC.CC(C)Cc1ncc(F)cn1.COc1cccc(C)c1-n1c(C)nnc1-c1cncc(C(F)(F)F)c1. The summed E-state index contributed by atoms with van der Waals surface area (Å²) in [5.41, 5.74) is 0.943. The summed E-state index contributed by atoms with van der Waals surface area (Å²) in [5, 5.41) is 8.08. The molecule has 0 atom stereocenters. The van der Waals surface area contributed by atoms with Crippen molar-refractivity contribution in [1.29, 1.82) is 0 Å². The largest absolute Gasteiger partial charge is 0.495 e. The number of aryl methyl sites for hydroxylation is 2. The highest BCUT2D eigenvalue weighted by atomic mass is 19.4. The number of halogens is 4. The summed E-state index contributed by atoms with van der Waals surface area (Å²) in [4.78, 5) is 11.4. The lowest BCUT2D eigenvalue weighted by atomic mass is 10.1. The molecule has 4 rings (SSSR count). The molecule has 0 N–H and O–H groups in total. The average Bonchev–Trinajstić information content (AvgIpc) is 3.32. The van der Waals surface area contributed by atoms with E-state index in [1.54, 1.807) is 17.6 Å². The van der Waals surface area contributed by atoms with Crippen molar-refractivity contribution in [2.24, 2.45) is 5.92 Å². The molecule has 1 aromatic carbocycles. The number of rotatable bonds is 5. The van der Waals surface area contributed by atoms with E-state index in [0.717, 1.165) is 24.2 Å². The van der Waals surface area contributed by atoms with Crippen LogP contribution in [0.4, 0.5) is 17.6 Å². The van der Waals surface area contributed by atoms with Crippen molar-refractivity contribution >= 4 is 0 Å². The topological polar surface area (TPSA) is 78.6 Å². The number of hydrogen-bond acceptors (Lipinski definition) is 6. The van der Waals surface area contributed by atoms with Crippen LogP contribution >= 0.6 is 0 Å². The zero-order valence-corrected chi connectivity index (χ0v) is 24.5. The van der Waals surface area contributed by atoms with Gasteiger partial charge in [-0.05, 0) is 37.5 Å². The fourth-order valence-electron chi connectivity index (χ4n) is 3.43. The molecule has 0 unspecified atom stereocenters. The number of hydrogen-bond donors (Lipinski definition) is 0. The Balaban J connectivity index is 0.000000446. The summed E-state index contributed by atoms with van der Waals surface area (Å²) in [7, 11) is 1.53. The van der Waals surface area contributed by atoms with Gasteiger partial charge in [-0.2, -0.15) is 13.2 Å². The second-order valence-electron chi connectivity index (χ2n) is 8.41. The van der Waals surface area contributed by atoms with Gasteiger partial charge in [-0.25, -0.2) is 14.4 Å². The van der Waals surface area contributed by atoms with Crippen LogP contribution in [0, 0.1) is 25.6 Å². The van der Waals surface area contributed by atoms with E-state index in [1.165, 1.54) is 25.7 Å². The first-order chi connectivity index (χ1) is 19.0. The molecule has 3 aromatic heterocycles. The number of benzene rings is 1. The standard InChI is InChI=1S/C17H15F3N4O.C8H11FN2.2C2H6/c1-10-5-4-6-14(25-3)15(10)24-11(2)22-23-16(24)12-7-13(9-21-8-12)17(18,19)20;1-6(2)3-8-10-4-7(9)5-11-8;2*1-2/h4-9H,1-3H3;4-6H,3H2,1-2H3;2*1-2H3. The minimum Gasteiger partial charge on any atom is -0.495 e. The van der Waals surface area contributed by atoms with Gasteiger partial charge in [-0.15, -0.1) is 10.2 Å². The molecule has 11 heteroatoms. The van der Waals surface area contributed by atoms with Gasteiger partial charge in [0.05, 0.1) is 30.8 Å². The maximum atomic E-state index is 13.0. The molecular weight excluding hydrogens is 524 g/mol. The van der Waals surface area contributed by atoms with Crippen LogP contribution in [0.2, 0.25) is 0 Å². The monoisotopic (exact) mass is 562 g/mol. The van der Waals surface area contributed by atoms with Crippen LogP contribution in [0.5, 0.6) is 5.75 Å². The molecule has 40 heavy (non-hydrogen) atoms. The van der Waals surface area contributed by atoms with Crippen molar-refractivity contribution in [3.05, 3.63) is 77.6 Å². The number of methoxy groups -OCH3 is 1. The van der Waals surface area contributed by atoms with Crippen LogP contribution < -0.4 is 4.74 Å². The van der Waals surface area contributed by atoms with E-state index in [2.05, 4.69) is 39.0 Å². The first-order valence-electron chi connectivity index (χ1n) is 13.1. The number of aromatic nitrogens is 6. The normalized spacial score (nSPS) is 10.4. The van der Waals surface area contributed by atoms with Gasteiger partial charge in [0.2, 0.25) is 0 Å². The van der Waals surface area contributed by atoms with E-state index in [0.29, 0.717) is 29.0 Å². The summed E-state index contributed by atoms with van der Waals surface area (Å²) in [6.45, 7) is 15.8. The maximum Gasteiger partial charge on any atom is 0.417 e. The van der Waals surface area contributed by atoms with Crippen LogP contribution in [0.1, 0.15) is 64.3 Å². The zero-order chi connectivity index (χ0) is 30.5. The lowest BCUT2D eigenvalue weighted by Crippen LogP contribution is -2.08. The fraction of sp³-hybridized carbons (Fsp3) is 0.414. The summed E-state index contributed by atoms with van der Waals surface area (Å²) in [6, 6.07) is 6.50. The first-order valence-corrected chi connectivity index (χ1v) is 13.1. The van der Waals surface area contributed by atoms with Crippen LogP contribution in [-0.4, -0.2) is 36.8 Å². The average molecular weight is 563 g/mol. The molecule has 3 heterocycles. The number of para-hydroxylation sites is 1. The molecule has 0 aliphatic carbocycles. The van der Waals surface area contributed by atoms with Crippen molar-refractivity contribution < 1.29 is 22.3 Å². The molecule has 0 aliphatic heterocycles. The van der Waals surface area contributed by atoms with Gasteiger partial charge in [0.25, 0.3) is 0 Å². The van der Waals surface area contributed by atoms with Gasteiger partial charge in [0.15, 0.2) is 11.6 Å². The van der Waals surface area contributed by atoms with Crippen molar-refractivity contribution in [2.45, 2.75) is 68.0 Å². The Morgan fingerprint density at radius 1 is 0.925 bits per heavy atom. The number of nitrogens with zero attached hydrogens (tertiary/aromatic N) is 6. The molecule has 0 amide bonds. The third-order valence-corrected chi connectivity index (χ3v) is 5.06. The molecule has 0 bridgehead atoms. The van der Waals surface area contributed by atoms with Gasteiger partial charge in [-0.3, -0.25) is 9.55 Å². The van der Waals surface area contributed by atoms with E-state index in [9.17, 15) is 17.6 Å². The van der Waals surface area contributed by atoms with Crippen molar-refractivity contribution in [3.63, 3.8) is 0 Å². The number of alkyl halides is 3. The number of pyridine rings is 1. The Morgan fingerprint density at radius 3 is 2.10 bits per heavy atom. The molecular formula is C29H38F4N6O. The minimum absolute atomic E-state index is 0.223. The van der Waals surface area contributed by atoms with Crippen molar-refractivity contribution in [3.8, 4) is 22.8 Å². The number of ether oxygens (including phenoxy) is 1. The van der Waals surface area contributed by atoms with Crippen LogP contribution in [0.3, 0.4) is 0 Å². The third-order valence-electron chi connectivity index (χ3n) is 5.06. The Labute approximate surface area is 233 Å². The Kier molecular flexibility index (Phi) is 13.9. The molecule has 0 fully saturated rings. The zero-order valence-electron chi connectivity index (χ0n) is 24.5. The van der Waals surface area contributed by atoms with Crippen molar-refractivity contribution in [1.82, 2.24) is 29.7 Å². The molecule has 0 spiro atoms. The first kappa shape index (κ1) is 34.1. The molecule has 4 aromatic rings. The summed E-state index contributed by atoms with van der Waals surface area (Å²) >= 11 is 0. The van der Waals surface area contributed by atoms with Crippen LogP contribution in [-0.2, 0) is 12.6 Å². The molecule has 7 nitrogen and oxygen atoms in total. The van der Waals surface area contributed by atoms with E-state index in [1.807, 2.05) is 46.8 Å². The Hall–Kier alpha value is -3.89. The Bertz CT molecular complexity index is 1300. The van der Waals surface area contributed by atoms with Crippen molar-refractivity contribution in [2.75, 3.05) is 7.11 Å². The van der Waals surface area contributed by atoms with Gasteiger partial charge >= 0.3 is 6.18 Å². The second kappa shape index (κ2) is 16.3. The van der Waals surface area contributed by atoms with E-state index >= 15 is 0 Å². The van der Waals surface area contributed by atoms with Gasteiger partial charge in [-0.1, -0.05) is 53.7 Å². The fourth-order valence-corrected chi connectivity index (χ4v) is 3.43. The quantitative estimate of drug-likeness (QED) is 0.231. The third kappa shape index (κ3) is 9.39. The smallest absolute Gasteiger partial charge is 0.417 e. The van der Waals surface area contributed by atoms with Crippen LogP contribution in [0.25, 0.3) is 17.1 Å². The highest BCUT2D eigenvalue weighted by Gasteiger charge is 2.31. The molecule has 218 valence electrons. The summed E-state index contributed by atoms with van der Waals surface area (Å²) in [6.07, 6.45) is 0.838. The van der Waals surface area contributed by atoms with E-state index in [-0.39, 0.29) is 17.2 Å². The van der Waals surface area contributed by atoms with E-state index < -0.39 is 11.7 Å². The predicted molar refractivity (Wildman–Crippen MR) is 149 cm³/mol. The Morgan fingerprint density at radius 2 is 1.55 bits per heavy atom. The maximum absolute atomic E-state index is 13.0. The predicted octanol–water partition coefficient (Wildman–Crippen LogP) is 7.84. The minimum atomic E-state index is -4.48. The molecule has 0 aliphatic rings. The van der Waals surface area contributed by atoms with Gasteiger partial charge < -0.3 is 4.74 Å². The lowest BCUT2D eigenvalue weighted by molar-refractivity contribution is -0.137.